The van der Waals surface area contributed by atoms with Gasteiger partial charge >= 0.3 is 0 Å². The maximum atomic E-state index is 6.46. The lowest BCUT2D eigenvalue weighted by Crippen LogP contribution is -1.92. The van der Waals surface area contributed by atoms with Crippen LogP contribution < -0.4 is 0 Å². The molecule has 0 fully saturated rings. The topological polar surface area (TPSA) is 13.1 Å². The highest BCUT2D eigenvalue weighted by Gasteiger charge is 2.20. The van der Waals surface area contributed by atoms with E-state index >= 15 is 0 Å². The smallest absolute Gasteiger partial charge is 0.136 e. The van der Waals surface area contributed by atoms with Gasteiger partial charge in [0.1, 0.15) is 11.2 Å². The fraction of sp³-hybridized carbons (Fsp3) is 0. The third kappa shape index (κ3) is 4.26. The summed E-state index contributed by atoms with van der Waals surface area (Å²) < 4.78 is 9.03. The normalized spacial score (nSPS) is 12.1. The summed E-state index contributed by atoms with van der Waals surface area (Å²) in [5, 5.41) is 15.0. The Morgan fingerprint density at radius 1 is 0.315 bits per heavy atom. The lowest BCUT2D eigenvalue weighted by atomic mass is 9.84. The van der Waals surface area contributed by atoms with Crippen LogP contribution in [0.25, 0.3) is 119 Å². The zero-order valence-corrected chi connectivity index (χ0v) is 30.0. The summed E-state index contributed by atoms with van der Waals surface area (Å²) in [5.41, 5.74) is 9.43. The van der Waals surface area contributed by atoms with Gasteiger partial charge < -0.3 is 4.42 Å². The van der Waals surface area contributed by atoms with Crippen LogP contribution in [0.4, 0.5) is 0 Å². The molecule has 2 heterocycles. The first-order valence-electron chi connectivity index (χ1n) is 18.5. The lowest BCUT2D eigenvalue weighted by Gasteiger charge is -2.19. The van der Waals surface area contributed by atoms with Crippen molar-refractivity contribution in [2.45, 2.75) is 0 Å². The van der Waals surface area contributed by atoms with Crippen molar-refractivity contribution in [2.24, 2.45) is 0 Å². The molecule has 1 nitrogen and oxygen atoms in total. The van der Waals surface area contributed by atoms with Crippen molar-refractivity contribution in [1.82, 2.24) is 0 Å². The molecular weight excluding hydrogens is 673 g/mol. The Balaban J connectivity index is 1.06. The van der Waals surface area contributed by atoms with E-state index in [4.69, 9.17) is 4.42 Å². The van der Waals surface area contributed by atoms with Gasteiger partial charge in [0, 0.05) is 30.9 Å². The van der Waals surface area contributed by atoms with Gasteiger partial charge in [-0.05, 0) is 101 Å². The van der Waals surface area contributed by atoms with Crippen LogP contribution in [0, 0.1) is 0 Å². The van der Waals surface area contributed by atoms with Crippen molar-refractivity contribution in [3.8, 4) is 33.4 Å². The summed E-state index contributed by atoms with van der Waals surface area (Å²) in [6.45, 7) is 0. The zero-order chi connectivity index (χ0) is 35.3. The molecule has 0 atom stereocenters. The summed E-state index contributed by atoms with van der Waals surface area (Å²) in [4.78, 5) is 0. The van der Waals surface area contributed by atoms with Crippen LogP contribution in [0.2, 0.25) is 0 Å². The van der Waals surface area contributed by atoms with Crippen molar-refractivity contribution in [1.29, 1.82) is 0 Å². The van der Waals surface area contributed by atoms with E-state index in [1.165, 1.54) is 107 Å². The number of furan rings is 1. The van der Waals surface area contributed by atoms with E-state index in [0.717, 1.165) is 11.2 Å². The number of benzene rings is 10. The van der Waals surface area contributed by atoms with Gasteiger partial charge in [0.05, 0.1) is 0 Å². The number of fused-ring (bicyclic) bond motifs is 11. The van der Waals surface area contributed by atoms with E-state index in [1.54, 1.807) is 0 Å². The van der Waals surface area contributed by atoms with Gasteiger partial charge in [-0.1, -0.05) is 158 Å². The number of rotatable bonds is 3. The molecule has 0 saturated heterocycles. The van der Waals surface area contributed by atoms with Crippen LogP contribution in [0.1, 0.15) is 0 Å². The molecule has 0 saturated carbocycles. The quantitative estimate of drug-likeness (QED) is 0.167. The Labute approximate surface area is 314 Å². The molecule has 12 rings (SSSR count). The second kappa shape index (κ2) is 11.4. The standard InChI is InChI=1S/C52H30OS/c1-2-13-32(14-3-1)50-39-18-8-10-20-41(39)51(42-21-11-9-19-40(42)50)43-26-25-34(36-16-6-7-17-37(36)43)33-22-24-38-44-29-47-45(30-49(44)54-48(38)28-33)52-35-15-5-4-12-31(35)23-27-46(52)53-47/h1-30H. The maximum Gasteiger partial charge on any atom is 0.136 e. The number of thiophene rings is 1. The molecule has 0 N–H and O–H groups in total. The molecule has 0 amide bonds. The molecule has 2 heteroatoms. The van der Waals surface area contributed by atoms with Gasteiger partial charge in [0.15, 0.2) is 0 Å². The fourth-order valence-electron chi connectivity index (χ4n) is 9.09. The average molecular weight is 703 g/mol. The van der Waals surface area contributed by atoms with Crippen LogP contribution in [0.15, 0.2) is 186 Å². The van der Waals surface area contributed by atoms with E-state index in [9.17, 15) is 0 Å². The Morgan fingerprint density at radius 2 is 0.907 bits per heavy atom. The monoisotopic (exact) mass is 702 g/mol. The van der Waals surface area contributed by atoms with E-state index in [0.29, 0.717) is 0 Å². The summed E-state index contributed by atoms with van der Waals surface area (Å²) in [5.74, 6) is 0. The lowest BCUT2D eigenvalue weighted by molar-refractivity contribution is 0.670. The van der Waals surface area contributed by atoms with E-state index < -0.39 is 0 Å². The second-order valence-corrected chi connectivity index (χ2v) is 15.4. The van der Waals surface area contributed by atoms with Crippen molar-refractivity contribution in [3.63, 3.8) is 0 Å². The van der Waals surface area contributed by atoms with E-state index in [-0.39, 0.29) is 0 Å². The molecule has 0 aliphatic rings. The van der Waals surface area contributed by atoms with Crippen molar-refractivity contribution < 1.29 is 4.42 Å². The number of hydrogen-bond donors (Lipinski definition) is 0. The largest absolute Gasteiger partial charge is 0.456 e. The zero-order valence-electron chi connectivity index (χ0n) is 29.1. The minimum Gasteiger partial charge on any atom is -0.456 e. The second-order valence-electron chi connectivity index (χ2n) is 14.3. The number of hydrogen-bond acceptors (Lipinski definition) is 2. The van der Waals surface area contributed by atoms with Crippen LogP contribution >= 0.6 is 11.3 Å². The van der Waals surface area contributed by atoms with Gasteiger partial charge in [-0.3, -0.25) is 0 Å². The summed E-state index contributed by atoms with van der Waals surface area (Å²) in [7, 11) is 0. The van der Waals surface area contributed by atoms with E-state index in [2.05, 4.69) is 182 Å². The molecule has 10 aromatic carbocycles. The van der Waals surface area contributed by atoms with Gasteiger partial charge in [-0.25, -0.2) is 0 Å². The van der Waals surface area contributed by atoms with Crippen molar-refractivity contribution in [2.75, 3.05) is 0 Å². The van der Waals surface area contributed by atoms with Crippen molar-refractivity contribution >= 4 is 96.5 Å². The van der Waals surface area contributed by atoms with Gasteiger partial charge in [0.25, 0.3) is 0 Å². The molecule has 0 aliphatic heterocycles. The molecule has 0 bridgehead atoms. The predicted octanol–water partition coefficient (Wildman–Crippen LogP) is 15.6. The van der Waals surface area contributed by atoms with Crippen LogP contribution in [0.3, 0.4) is 0 Å². The maximum absolute atomic E-state index is 6.46. The van der Waals surface area contributed by atoms with Crippen LogP contribution in [-0.4, -0.2) is 0 Å². The minimum absolute atomic E-state index is 0.941. The first kappa shape index (κ1) is 29.8. The molecule has 250 valence electrons. The Bertz CT molecular complexity index is 3440. The molecule has 0 aliphatic carbocycles. The first-order valence-corrected chi connectivity index (χ1v) is 19.3. The van der Waals surface area contributed by atoms with Gasteiger partial charge in [-0.2, -0.15) is 0 Å². The third-order valence-corrected chi connectivity index (χ3v) is 12.6. The Kier molecular flexibility index (Phi) is 6.28. The summed E-state index contributed by atoms with van der Waals surface area (Å²) >= 11 is 1.87. The first-order chi connectivity index (χ1) is 26.8. The fourth-order valence-corrected chi connectivity index (χ4v) is 10.3. The minimum atomic E-state index is 0.941. The Morgan fingerprint density at radius 3 is 1.65 bits per heavy atom. The highest BCUT2D eigenvalue weighted by molar-refractivity contribution is 7.26. The highest BCUT2D eigenvalue weighted by atomic mass is 32.1. The molecular formula is C52H30OS. The predicted molar refractivity (Wildman–Crippen MR) is 233 cm³/mol. The molecule has 54 heavy (non-hydrogen) atoms. The van der Waals surface area contributed by atoms with Crippen molar-refractivity contribution in [3.05, 3.63) is 182 Å². The highest BCUT2D eigenvalue weighted by Crippen LogP contribution is 2.47. The molecule has 2 aromatic heterocycles. The van der Waals surface area contributed by atoms with Crippen LogP contribution in [0.5, 0.6) is 0 Å². The Hall–Kier alpha value is -6.74. The van der Waals surface area contributed by atoms with Gasteiger partial charge in [-0.15, -0.1) is 11.3 Å². The van der Waals surface area contributed by atoms with Gasteiger partial charge in [0.2, 0.25) is 0 Å². The third-order valence-electron chi connectivity index (χ3n) is 11.5. The molecule has 0 spiro atoms. The average Bonchev–Trinajstić information content (AvgIpc) is 3.78. The molecule has 12 aromatic rings. The van der Waals surface area contributed by atoms with E-state index in [1.807, 2.05) is 11.3 Å². The SMILES string of the molecule is c1ccc(-c2c3ccccc3c(-c3ccc(-c4ccc5c(c4)sc4cc6c(cc45)oc4ccc5ccccc5c46)c4ccccc34)c3ccccc23)cc1. The summed E-state index contributed by atoms with van der Waals surface area (Å²) in [6, 6.07) is 66.7. The molecule has 0 unspecified atom stereocenters. The van der Waals surface area contributed by atoms with Crippen LogP contribution in [-0.2, 0) is 0 Å². The molecule has 0 radical (unpaired) electrons. The summed E-state index contributed by atoms with van der Waals surface area (Å²) in [6.07, 6.45) is 0.